The van der Waals surface area contributed by atoms with Crippen molar-refractivity contribution < 1.29 is 9.53 Å². The number of hydrogen-bond donors (Lipinski definition) is 2. The lowest BCUT2D eigenvalue weighted by Gasteiger charge is -2.13. The minimum atomic E-state index is -0.0798. The number of carbonyl (C=O) groups excluding carboxylic acids is 1. The molecule has 0 fully saturated rings. The molecule has 0 aliphatic rings. The van der Waals surface area contributed by atoms with Gasteiger partial charge in [-0.25, -0.2) is 0 Å². The van der Waals surface area contributed by atoms with Gasteiger partial charge in [-0.05, 0) is 74.7 Å². The maximum Gasteiger partial charge on any atom is 0.243 e. The Balaban J connectivity index is 1.84. The summed E-state index contributed by atoms with van der Waals surface area (Å²) in [5.41, 5.74) is 4.16. The minimum Gasteiger partial charge on any atom is -0.491 e. The van der Waals surface area contributed by atoms with Crippen LogP contribution in [0.3, 0.4) is 0 Å². The fourth-order valence-corrected chi connectivity index (χ4v) is 2.17. The van der Waals surface area contributed by atoms with Crippen LogP contribution in [-0.2, 0) is 4.79 Å². The predicted octanol–water partition coefficient (Wildman–Crippen LogP) is 4.53. The van der Waals surface area contributed by atoms with Gasteiger partial charge in [0.1, 0.15) is 5.75 Å². The van der Waals surface area contributed by atoms with E-state index in [1.807, 2.05) is 49.4 Å². The molecule has 2 aromatic rings. The van der Waals surface area contributed by atoms with Crippen molar-refractivity contribution in [2.75, 3.05) is 17.2 Å². The van der Waals surface area contributed by atoms with Gasteiger partial charge < -0.3 is 15.4 Å². The number of nitrogens with one attached hydrogen (secondary N) is 2. The number of rotatable bonds is 7. The van der Waals surface area contributed by atoms with Crippen LogP contribution in [0.1, 0.15) is 31.4 Å². The molecule has 24 heavy (non-hydrogen) atoms. The molecule has 4 nitrogen and oxygen atoms in total. The normalized spacial score (nSPS) is 11.7. The Morgan fingerprint density at radius 1 is 1.04 bits per heavy atom. The third-order valence-electron chi connectivity index (χ3n) is 4.01. The summed E-state index contributed by atoms with van der Waals surface area (Å²) >= 11 is 0. The molecule has 0 heterocycles. The average molecular weight is 326 g/mol. The summed E-state index contributed by atoms with van der Waals surface area (Å²) in [5, 5.41) is 6.02. The molecule has 2 rings (SSSR count). The zero-order chi connectivity index (χ0) is 17.5. The first-order chi connectivity index (χ1) is 11.5. The van der Waals surface area contributed by atoms with Crippen LogP contribution in [0.5, 0.6) is 5.75 Å². The summed E-state index contributed by atoms with van der Waals surface area (Å²) in [6.45, 7) is 8.48. The fourth-order valence-electron chi connectivity index (χ4n) is 2.17. The van der Waals surface area contributed by atoms with Crippen LogP contribution in [-0.4, -0.2) is 18.6 Å². The smallest absolute Gasteiger partial charge is 0.243 e. The van der Waals surface area contributed by atoms with Gasteiger partial charge in [0.25, 0.3) is 0 Å². The highest BCUT2D eigenvalue weighted by Crippen LogP contribution is 2.18. The van der Waals surface area contributed by atoms with Crippen molar-refractivity contribution in [1.82, 2.24) is 0 Å². The summed E-state index contributed by atoms with van der Waals surface area (Å²) in [4.78, 5) is 12.0. The lowest BCUT2D eigenvalue weighted by Crippen LogP contribution is -2.21. The molecule has 1 atom stereocenters. The molecular weight excluding hydrogens is 300 g/mol. The molecule has 2 aromatic carbocycles. The van der Waals surface area contributed by atoms with Crippen LogP contribution in [0.4, 0.5) is 11.4 Å². The van der Waals surface area contributed by atoms with E-state index in [0.717, 1.165) is 23.5 Å². The Bertz CT molecular complexity index is 681. The molecule has 1 unspecified atom stereocenters. The van der Waals surface area contributed by atoms with Crippen molar-refractivity contribution in [1.29, 1.82) is 0 Å². The van der Waals surface area contributed by atoms with Crippen molar-refractivity contribution >= 4 is 17.3 Å². The molecule has 0 aromatic heterocycles. The molecule has 0 saturated carbocycles. The van der Waals surface area contributed by atoms with E-state index in [-0.39, 0.29) is 18.6 Å². The monoisotopic (exact) mass is 326 g/mol. The summed E-state index contributed by atoms with van der Waals surface area (Å²) in [6, 6.07) is 13.5. The van der Waals surface area contributed by atoms with Crippen LogP contribution >= 0.6 is 0 Å². The van der Waals surface area contributed by atoms with E-state index in [9.17, 15) is 4.79 Å². The number of amides is 1. The van der Waals surface area contributed by atoms with Gasteiger partial charge >= 0.3 is 0 Å². The minimum absolute atomic E-state index is 0.0798. The third kappa shape index (κ3) is 5.30. The van der Waals surface area contributed by atoms with Gasteiger partial charge in [0.15, 0.2) is 0 Å². The molecule has 128 valence electrons. The first-order valence-corrected chi connectivity index (χ1v) is 8.35. The van der Waals surface area contributed by atoms with Crippen molar-refractivity contribution in [2.45, 2.75) is 40.2 Å². The van der Waals surface area contributed by atoms with Gasteiger partial charge in [-0.1, -0.05) is 13.0 Å². The van der Waals surface area contributed by atoms with Crippen molar-refractivity contribution in [3.05, 3.63) is 53.6 Å². The van der Waals surface area contributed by atoms with Crippen LogP contribution in [0.15, 0.2) is 42.5 Å². The highest BCUT2D eigenvalue weighted by molar-refractivity contribution is 5.93. The van der Waals surface area contributed by atoms with Gasteiger partial charge in [-0.2, -0.15) is 0 Å². The van der Waals surface area contributed by atoms with Gasteiger partial charge in [0.05, 0.1) is 12.6 Å². The molecule has 0 radical (unpaired) electrons. The van der Waals surface area contributed by atoms with E-state index in [2.05, 4.69) is 31.4 Å². The molecule has 0 aliphatic heterocycles. The molecule has 2 N–H and O–H groups in total. The predicted molar refractivity (Wildman–Crippen MR) is 99.9 cm³/mol. The lowest BCUT2D eigenvalue weighted by molar-refractivity contribution is -0.114. The van der Waals surface area contributed by atoms with Crippen LogP contribution < -0.4 is 15.4 Å². The second-order valence-corrected chi connectivity index (χ2v) is 6.06. The largest absolute Gasteiger partial charge is 0.491 e. The van der Waals surface area contributed by atoms with Crippen LogP contribution in [0, 0.1) is 13.8 Å². The topological polar surface area (TPSA) is 50.4 Å². The molecule has 0 bridgehead atoms. The first kappa shape index (κ1) is 17.9. The zero-order valence-corrected chi connectivity index (χ0v) is 14.8. The molecule has 1 amide bonds. The lowest BCUT2D eigenvalue weighted by atomic mass is 10.1. The average Bonchev–Trinajstić information content (AvgIpc) is 2.57. The van der Waals surface area contributed by atoms with Crippen molar-refractivity contribution in [3.63, 3.8) is 0 Å². The number of hydrogen-bond acceptors (Lipinski definition) is 3. The Morgan fingerprint density at radius 2 is 1.71 bits per heavy atom. The van der Waals surface area contributed by atoms with Crippen LogP contribution in [0.25, 0.3) is 0 Å². The highest BCUT2D eigenvalue weighted by Gasteiger charge is 2.05. The standard InChI is InChI=1S/C20H26N2O2/c1-5-16(4)24-19-10-8-17(9-11-19)22-20(23)13-21-18-7-6-14(2)15(3)12-18/h6-12,16,21H,5,13H2,1-4H3,(H,22,23). The van der Waals surface area contributed by atoms with Gasteiger partial charge in [-0.3, -0.25) is 4.79 Å². The van der Waals surface area contributed by atoms with Gasteiger partial charge in [0.2, 0.25) is 5.91 Å². The Labute approximate surface area is 144 Å². The Kier molecular flexibility index (Phi) is 6.24. The fraction of sp³-hybridized carbons (Fsp3) is 0.350. The van der Waals surface area contributed by atoms with E-state index in [1.54, 1.807) is 0 Å². The summed E-state index contributed by atoms with van der Waals surface area (Å²) < 4.78 is 5.72. The number of benzene rings is 2. The summed E-state index contributed by atoms with van der Waals surface area (Å²) in [6.07, 6.45) is 1.15. The molecular formula is C20H26N2O2. The van der Waals surface area contributed by atoms with Gasteiger partial charge in [-0.15, -0.1) is 0 Å². The number of anilines is 2. The molecule has 0 saturated heterocycles. The second-order valence-electron chi connectivity index (χ2n) is 6.06. The van der Waals surface area contributed by atoms with Crippen molar-refractivity contribution in [2.24, 2.45) is 0 Å². The number of ether oxygens (including phenoxy) is 1. The second kappa shape index (κ2) is 8.39. The van der Waals surface area contributed by atoms with E-state index >= 15 is 0 Å². The quantitative estimate of drug-likeness (QED) is 0.786. The van der Waals surface area contributed by atoms with E-state index < -0.39 is 0 Å². The van der Waals surface area contributed by atoms with E-state index in [0.29, 0.717) is 0 Å². The number of carbonyl (C=O) groups is 1. The number of aryl methyl sites for hydroxylation is 2. The molecule has 0 aliphatic carbocycles. The van der Waals surface area contributed by atoms with Crippen molar-refractivity contribution in [3.8, 4) is 5.75 Å². The van der Waals surface area contributed by atoms with Gasteiger partial charge in [0, 0.05) is 11.4 Å². The zero-order valence-electron chi connectivity index (χ0n) is 14.8. The third-order valence-corrected chi connectivity index (χ3v) is 4.01. The Hall–Kier alpha value is -2.49. The summed E-state index contributed by atoms with van der Waals surface area (Å²) in [5.74, 6) is 0.736. The van der Waals surface area contributed by atoms with Crippen LogP contribution in [0.2, 0.25) is 0 Å². The maximum atomic E-state index is 12.0. The first-order valence-electron chi connectivity index (χ1n) is 8.35. The Morgan fingerprint density at radius 3 is 2.33 bits per heavy atom. The molecule has 4 heteroatoms. The highest BCUT2D eigenvalue weighted by atomic mass is 16.5. The molecule has 0 spiro atoms. The van der Waals surface area contributed by atoms with E-state index in [1.165, 1.54) is 11.1 Å². The SMILES string of the molecule is CCC(C)Oc1ccc(NC(=O)CNc2ccc(C)c(C)c2)cc1. The van der Waals surface area contributed by atoms with E-state index in [4.69, 9.17) is 4.74 Å². The summed E-state index contributed by atoms with van der Waals surface area (Å²) in [7, 11) is 0. The maximum absolute atomic E-state index is 12.0.